The normalized spacial score (nSPS) is 20.4. The highest BCUT2D eigenvalue weighted by Crippen LogP contribution is 2.44. The minimum atomic E-state index is -1.09. The third-order valence-corrected chi connectivity index (χ3v) is 6.23. The minimum Gasteiger partial charge on any atom is -0.480 e. The lowest BCUT2D eigenvalue weighted by Crippen LogP contribution is -2.48. The maximum Gasteiger partial charge on any atom is 0.407 e. The van der Waals surface area contributed by atoms with Crippen LogP contribution in [-0.2, 0) is 14.3 Å². The number of ether oxygens (including phenoxy) is 1. The fourth-order valence-corrected chi connectivity index (χ4v) is 4.62. The van der Waals surface area contributed by atoms with E-state index in [1.54, 1.807) is 0 Å². The monoisotopic (exact) mass is 422 g/mol. The lowest BCUT2D eigenvalue weighted by molar-refractivity contribution is -0.142. The summed E-state index contributed by atoms with van der Waals surface area (Å²) < 4.78 is 5.57. The predicted octanol–water partition coefficient (Wildman–Crippen LogP) is 3.28. The second-order valence-corrected chi connectivity index (χ2v) is 8.18. The molecule has 1 saturated carbocycles. The molecule has 2 aliphatic rings. The smallest absolute Gasteiger partial charge is 0.407 e. The van der Waals surface area contributed by atoms with E-state index in [1.165, 1.54) is 6.92 Å². The highest BCUT2D eigenvalue weighted by atomic mass is 16.5. The van der Waals surface area contributed by atoms with Gasteiger partial charge in [-0.25, -0.2) is 4.79 Å². The van der Waals surface area contributed by atoms with Crippen molar-refractivity contribution in [1.82, 2.24) is 10.6 Å². The second kappa shape index (κ2) is 8.79. The van der Waals surface area contributed by atoms with E-state index in [2.05, 4.69) is 34.9 Å². The fraction of sp³-hybridized carbons (Fsp3) is 0.375. The molecule has 7 nitrogen and oxygen atoms in total. The zero-order chi connectivity index (χ0) is 22.0. The third kappa shape index (κ3) is 4.26. The Labute approximate surface area is 180 Å². The number of carboxylic acid groups (broad SMARTS) is 1. The van der Waals surface area contributed by atoms with Crippen molar-refractivity contribution in [3.8, 4) is 11.1 Å². The van der Waals surface area contributed by atoms with Gasteiger partial charge in [0.05, 0.1) is 5.92 Å². The summed E-state index contributed by atoms with van der Waals surface area (Å²) in [5, 5.41) is 14.3. The standard InChI is InChI=1S/C24H26N2O5/c1-14(23(28)29)25-22(27)19-11-6-12-21(19)26-24(30)31-13-20-17-9-4-2-7-15(17)16-8-3-5-10-18(16)20/h2-5,7-10,14,19-21H,6,11-13H2,1H3,(H,25,27)(H,26,30)(H,28,29)/t14-,19-,21+/m0/s1. The number of carboxylic acids is 1. The summed E-state index contributed by atoms with van der Waals surface area (Å²) in [5.41, 5.74) is 4.59. The first-order valence-corrected chi connectivity index (χ1v) is 10.6. The van der Waals surface area contributed by atoms with Gasteiger partial charge in [-0.15, -0.1) is 0 Å². The number of nitrogens with one attached hydrogen (secondary N) is 2. The van der Waals surface area contributed by atoms with Crippen molar-refractivity contribution in [3.63, 3.8) is 0 Å². The summed E-state index contributed by atoms with van der Waals surface area (Å²) in [7, 11) is 0. The van der Waals surface area contributed by atoms with Gasteiger partial charge in [-0.1, -0.05) is 55.0 Å². The van der Waals surface area contributed by atoms with Gasteiger partial charge in [-0.3, -0.25) is 9.59 Å². The van der Waals surface area contributed by atoms with Crippen LogP contribution >= 0.6 is 0 Å². The molecule has 0 heterocycles. The quantitative estimate of drug-likeness (QED) is 0.663. The molecule has 7 heteroatoms. The first-order chi connectivity index (χ1) is 15.0. The second-order valence-electron chi connectivity index (χ2n) is 8.18. The van der Waals surface area contributed by atoms with Crippen LogP contribution in [0.5, 0.6) is 0 Å². The van der Waals surface area contributed by atoms with E-state index in [0.717, 1.165) is 28.7 Å². The van der Waals surface area contributed by atoms with E-state index in [1.807, 2.05) is 24.3 Å². The van der Waals surface area contributed by atoms with Crippen LogP contribution in [0.4, 0.5) is 4.79 Å². The van der Waals surface area contributed by atoms with Gasteiger partial charge in [0.2, 0.25) is 5.91 Å². The lowest BCUT2D eigenvalue weighted by atomic mass is 9.98. The number of rotatable bonds is 6. The molecule has 4 rings (SSSR count). The number of carbonyl (C=O) groups is 3. The predicted molar refractivity (Wildman–Crippen MR) is 115 cm³/mol. The van der Waals surface area contributed by atoms with Crippen LogP contribution < -0.4 is 10.6 Å². The maximum atomic E-state index is 12.5. The number of alkyl carbamates (subject to hydrolysis) is 1. The van der Waals surface area contributed by atoms with Gasteiger partial charge in [-0.05, 0) is 42.0 Å². The average molecular weight is 422 g/mol. The number of amides is 2. The molecule has 2 amide bonds. The highest BCUT2D eigenvalue weighted by molar-refractivity contribution is 5.86. The number of hydrogen-bond acceptors (Lipinski definition) is 4. The van der Waals surface area contributed by atoms with E-state index < -0.39 is 24.0 Å². The highest BCUT2D eigenvalue weighted by Gasteiger charge is 2.36. The Morgan fingerprint density at radius 1 is 1.03 bits per heavy atom. The Balaban J connectivity index is 1.37. The Morgan fingerprint density at radius 2 is 1.65 bits per heavy atom. The molecule has 0 unspecified atom stereocenters. The summed E-state index contributed by atoms with van der Waals surface area (Å²) in [6.07, 6.45) is 1.49. The Bertz CT molecular complexity index is 959. The lowest BCUT2D eigenvalue weighted by Gasteiger charge is -2.22. The Hall–Kier alpha value is -3.35. The van der Waals surface area contributed by atoms with E-state index >= 15 is 0 Å². The first-order valence-electron chi connectivity index (χ1n) is 10.6. The molecule has 0 aromatic heterocycles. The zero-order valence-corrected chi connectivity index (χ0v) is 17.3. The molecule has 3 atom stereocenters. The number of aliphatic carboxylic acids is 1. The van der Waals surface area contributed by atoms with E-state index in [0.29, 0.717) is 12.8 Å². The van der Waals surface area contributed by atoms with Gasteiger partial charge in [0.1, 0.15) is 12.6 Å². The molecule has 2 aromatic carbocycles. The van der Waals surface area contributed by atoms with Crippen LogP contribution in [0.25, 0.3) is 11.1 Å². The minimum absolute atomic E-state index is 0.0303. The van der Waals surface area contributed by atoms with Crippen molar-refractivity contribution in [1.29, 1.82) is 0 Å². The Morgan fingerprint density at radius 3 is 2.26 bits per heavy atom. The van der Waals surface area contributed by atoms with Crippen LogP contribution in [0.3, 0.4) is 0 Å². The van der Waals surface area contributed by atoms with Crippen molar-refractivity contribution < 1.29 is 24.2 Å². The number of carbonyl (C=O) groups excluding carboxylic acids is 2. The Kier molecular flexibility index (Phi) is 5.93. The van der Waals surface area contributed by atoms with Crippen LogP contribution in [0.2, 0.25) is 0 Å². The molecule has 2 aromatic rings. The summed E-state index contributed by atoms with van der Waals surface area (Å²) in [6, 6.07) is 14.9. The molecule has 0 spiro atoms. The van der Waals surface area contributed by atoms with Gasteiger partial charge >= 0.3 is 12.1 Å². The number of fused-ring (bicyclic) bond motifs is 3. The van der Waals surface area contributed by atoms with Gasteiger partial charge < -0.3 is 20.5 Å². The molecule has 2 aliphatic carbocycles. The molecule has 0 radical (unpaired) electrons. The average Bonchev–Trinajstić information content (AvgIpc) is 3.34. The van der Waals surface area contributed by atoms with Crippen molar-refractivity contribution in [2.24, 2.45) is 5.92 Å². The van der Waals surface area contributed by atoms with Crippen molar-refractivity contribution in [2.75, 3.05) is 6.61 Å². The molecule has 1 fully saturated rings. The molecule has 0 aliphatic heterocycles. The molecule has 162 valence electrons. The number of hydrogen-bond donors (Lipinski definition) is 3. The third-order valence-electron chi connectivity index (χ3n) is 6.23. The summed E-state index contributed by atoms with van der Waals surface area (Å²) in [4.78, 5) is 35.9. The van der Waals surface area contributed by atoms with Crippen LogP contribution in [0.15, 0.2) is 48.5 Å². The summed E-state index contributed by atoms with van der Waals surface area (Å²) in [5.74, 6) is -1.93. The molecule has 0 saturated heterocycles. The molecule has 3 N–H and O–H groups in total. The summed E-state index contributed by atoms with van der Waals surface area (Å²) >= 11 is 0. The maximum absolute atomic E-state index is 12.5. The fourth-order valence-electron chi connectivity index (χ4n) is 4.62. The van der Waals surface area contributed by atoms with E-state index in [9.17, 15) is 14.4 Å². The van der Waals surface area contributed by atoms with Crippen LogP contribution in [0.1, 0.15) is 43.2 Å². The topological polar surface area (TPSA) is 105 Å². The zero-order valence-electron chi connectivity index (χ0n) is 17.3. The summed E-state index contributed by atoms with van der Waals surface area (Å²) in [6.45, 7) is 1.63. The number of benzene rings is 2. The first kappa shape index (κ1) is 20.9. The van der Waals surface area contributed by atoms with Gasteiger partial charge in [0, 0.05) is 12.0 Å². The molecular formula is C24H26N2O5. The van der Waals surface area contributed by atoms with Crippen molar-refractivity contribution in [2.45, 2.75) is 44.2 Å². The van der Waals surface area contributed by atoms with Crippen molar-refractivity contribution in [3.05, 3.63) is 59.7 Å². The molecule has 31 heavy (non-hydrogen) atoms. The largest absolute Gasteiger partial charge is 0.480 e. The molecule has 0 bridgehead atoms. The van der Waals surface area contributed by atoms with Gasteiger partial charge in [0.25, 0.3) is 0 Å². The van der Waals surface area contributed by atoms with Gasteiger partial charge in [-0.2, -0.15) is 0 Å². The van der Waals surface area contributed by atoms with Gasteiger partial charge in [0.15, 0.2) is 0 Å². The van der Waals surface area contributed by atoms with Crippen molar-refractivity contribution >= 4 is 18.0 Å². The SMILES string of the molecule is C[C@H](NC(=O)[C@H]1CCC[C@H]1NC(=O)OCC1c2ccccc2-c2ccccc21)C(=O)O. The van der Waals surface area contributed by atoms with Crippen LogP contribution in [0, 0.1) is 5.92 Å². The molecular weight excluding hydrogens is 396 g/mol. The van der Waals surface area contributed by atoms with E-state index in [-0.39, 0.29) is 24.5 Å². The van der Waals surface area contributed by atoms with E-state index in [4.69, 9.17) is 9.84 Å². The van der Waals surface area contributed by atoms with Crippen LogP contribution in [-0.4, -0.2) is 41.8 Å².